The van der Waals surface area contributed by atoms with Gasteiger partial charge in [0, 0.05) is 18.8 Å². The Morgan fingerprint density at radius 2 is 1.86 bits per heavy atom. The van der Waals surface area contributed by atoms with E-state index in [0.29, 0.717) is 30.6 Å². The standard InChI is InChI=1S/C20H21FN6O/c21-15-6-8-16(9-7-15)23-20-25-18(24-19(22)26-20)13-27-10-11-28-17(12-27)14-4-2-1-3-5-14/h1-9,17H,10-13H2,(H3,22,23,24,25,26)/t17-/m0/s1. The van der Waals surface area contributed by atoms with Crippen LogP contribution in [0.4, 0.5) is 22.0 Å². The molecule has 0 amide bonds. The molecule has 4 rings (SSSR count). The van der Waals surface area contributed by atoms with Gasteiger partial charge in [0.2, 0.25) is 11.9 Å². The number of nitrogen functional groups attached to an aromatic ring is 1. The number of nitrogens with zero attached hydrogens (tertiary/aromatic N) is 4. The van der Waals surface area contributed by atoms with Crippen LogP contribution in [-0.4, -0.2) is 39.5 Å². The van der Waals surface area contributed by atoms with Crippen molar-refractivity contribution in [1.29, 1.82) is 0 Å². The van der Waals surface area contributed by atoms with Gasteiger partial charge in [-0.2, -0.15) is 15.0 Å². The molecule has 1 fully saturated rings. The summed E-state index contributed by atoms with van der Waals surface area (Å²) in [5.74, 6) is 0.747. The van der Waals surface area contributed by atoms with Crippen LogP contribution >= 0.6 is 0 Å². The van der Waals surface area contributed by atoms with Crippen LogP contribution in [0.25, 0.3) is 0 Å². The van der Waals surface area contributed by atoms with Gasteiger partial charge in [0.15, 0.2) is 0 Å². The highest BCUT2D eigenvalue weighted by Gasteiger charge is 2.22. The maximum atomic E-state index is 13.1. The summed E-state index contributed by atoms with van der Waals surface area (Å²) in [7, 11) is 0. The lowest BCUT2D eigenvalue weighted by Crippen LogP contribution is -2.38. The fourth-order valence-electron chi connectivity index (χ4n) is 3.14. The maximum Gasteiger partial charge on any atom is 0.232 e. The monoisotopic (exact) mass is 380 g/mol. The maximum absolute atomic E-state index is 13.1. The van der Waals surface area contributed by atoms with Crippen molar-refractivity contribution in [2.24, 2.45) is 0 Å². The van der Waals surface area contributed by atoms with Gasteiger partial charge in [0.05, 0.1) is 19.3 Å². The number of anilines is 3. The molecule has 0 aliphatic carbocycles. The highest BCUT2D eigenvalue weighted by atomic mass is 19.1. The smallest absolute Gasteiger partial charge is 0.232 e. The number of benzene rings is 2. The molecular weight excluding hydrogens is 359 g/mol. The number of nitrogens with one attached hydrogen (secondary N) is 1. The van der Waals surface area contributed by atoms with E-state index in [0.717, 1.165) is 18.7 Å². The summed E-state index contributed by atoms with van der Waals surface area (Å²) in [6.45, 7) is 2.71. The molecule has 144 valence electrons. The fourth-order valence-corrected chi connectivity index (χ4v) is 3.14. The molecule has 0 unspecified atom stereocenters. The summed E-state index contributed by atoms with van der Waals surface area (Å²) in [6.07, 6.45) is 0.0194. The van der Waals surface area contributed by atoms with Crippen LogP contribution in [0.5, 0.6) is 0 Å². The SMILES string of the molecule is Nc1nc(CN2CCO[C@H](c3ccccc3)C2)nc(Nc2ccc(F)cc2)n1. The summed E-state index contributed by atoms with van der Waals surface area (Å²) in [4.78, 5) is 15.1. The van der Waals surface area contributed by atoms with Crippen LogP contribution in [0, 0.1) is 5.82 Å². The Bertz CT molecular complexity index is 922. The highest BCUT2D eigenvalue weighted by molar-refractivity contribution is 5.53. The first-order chi connectivity index (χ1) is 13.7. The number of hydrogen-bond acceptors (Lipinski definition) is 7. The second kappa shape index (κ2) is 8.28. The second-order valence-electron chi connectivity index (χ2n) is 6.57. The molecule has 1 aromatic heterocycles. The second-order valence-corrected chi connectivity index (χ2v) is 6.57. The minimum absolute atomic E-state index is 0.0194. The van der Waals surface area contributed by atoms with E-state index in [9.17, 15) is 4.39 Å². The molecule has 7 nitrogen and oxygen atoms in total. The number of ether oxygens (including phenoxy) is 1. The fraction of sp³-hybridized carbons (Fsp3) is 0.250. The van der Waals surface area contributed by atoms with E-state index in [2.05, 4.69) is 37.3 Å². The molecule has 8 heteroatoms. The predicted octanol–water partition coefficient (Wildman–Crippen LogP) is 2.91. The van der Waals surface area contributed by atoms with E-state index in [-0.39, 0.29) is 17.9 Å². The molecule has 0 bridgehead atoms. The average Bonchev–Trinajstić information content (AvgIpc) is 2.70. The zero-order valence-electron chi connectivity index (χ0n) is 15.3. The number of hydrogen-bond donors (Lipinski definition) is 2. The lowest BCUT2D eigenvalue weighted by molar-refractivity contribution is -0.0336. The van der Waals surface area contributed by atoms with Gasteiger partial charge in [-0.1, -0.05) is 30.3 Å². The van der Waals surface area contributed by atoms with E-state index in [4.69, 9.17) is 10.5 Å². The van der Waals surface area contributed by atoms with E-state index < -0.39 is 0 Å². The van der Waals surface area contributed by atoms with E-state index in [1.54, 1.807) is 12.1 Å². The zero-order chi connectivity index (χ0) is 19.3. The van der Waals surface area contributed by atoms with Gasteiger partial charge in [-0.15, -0.1) is 0 Å². The van der Waals surface area contributed by atoms with Crippen molar-refractivity contribution >= 4 is 17.6 Å². The predicted molar refractivity (Wildman–Crippen MR) is 104 cm³/mol. The third kappa shape index (κ3) is 4.59. The molecule has 28 heavy (non-hydrogen) atoms. The number of halogens is 1. The Morgan fingerprint density at radius 3 is 2.64 bits per heavy atom. The minimum atomic E-state index is -0.304. The topological polar surface area (TPSA) is 89.2 Å². The van der Waals surface area contributed by atoms with Crippen LogP contribution in [0.3, 0.4) is 0 Å². The van der Waals surface area contributed by atoms with Crippen molar-refractivity contribution < 1.29 is 9.13 Å². The van der Waals surface area contributed by atoms with Crippen molar-refractivity contribution in [3.05, 3.63) is 71.8 Å². The highest BCUT2D eigenvalue weighted by Crippen LogP contribution is 2.23. The quantitative estimate of drug-likeness (QED) is 0.703. The summed E-state index contributed by atoms with van der Waals surface area (Å²) < 4.78 is 19.0. The molecule has 1 aliphatic rings. The number of aromatic nitrogens is 3. The number of nitrogens with two attached hydrogens (primary N) is 1. The summed E-state index contributed by atoms with van der Waals surface area (Å²) in [5.41, 5.74) is 7.68. The molecular formula is C20H21FN6O. The van der Waals surface area contributed by atoms with Crippen molar-refractivity contribution in [3.8, 4) is 0 Å². The zero-order valence-corrected chi connectivity index (χ0v) is 15.3. The van der Waals surface area contributed by atoms with E-state index in [1.807, 2.05) is 18.2 Å². The normalized spacial score (nSPS) is 17.4. The van der Waals surface area contributed by atoms with Crippen LogP contribution in [0.2, 0.25) is 0 Å². The molecule has 0 saturated carbocycles. The van der Waals surface area contributed by atoms with E-state index in [1.165, 1.54) is 12.1 Å². The molecule has 1 aliphatic heterocycles. The van der Waals surface area contributed by atoms with Crippen LogP contribution in [0.15, 0.2) is 54.6 Å². The number of morpholine rings is 1. The number of rotatable bonds is 5. The Balaban J connectivity index is 1.45. The summed E-state index contributed by atoms with van der Waals surface area (Å²) in [5, 5.41) is 3.03. The first-order valence-corrected chi connectivity index (χ1v) is 9.07. The largest absolute Gasteiger partial charge is 0.371 e. The third-order valence-electron chi connectivity index (χ3n) is 4.49. The summed E-state index contributed by atoms with van der Waals surface area (Å²) >= 11 is 0. The molecule has 3 aromatic rings. The minimum Gasteiger partial charge on any atom is -0.371 e. The van der Waals surface area contributed by atoms with Crippen molar-refractivity contribution in [1.82, 2.24) is 19.9 Å². The Hall–Kier alpha value is -3.10. The molecule has 2 aromatic carbocycles. The van der Waals surface area contributed by atoms with Gasteiger partial charge in [0.25, 0.3) is 0 Å². The first kappa shape index (κ1) is 18.3. The van der Waals surface area contributed by atoms with Gasteiger partial charge in [0.1, 0.15) is 11.6 Å². The Morgan fingerprint density at radius 1 is 1.07 bits per heavy atom. The Labute approximate surface area is 162 Å². The van der Waals surface area contributed by atoms with Crippen molar-refractivity contribution in [2.45, 2.75) is 12.6 Å². The lowest BCUT2D eigenvalue weighted by atomic mass is 10.1. The van der Waals surface area contributed by atoms with Crippen LogP contribution < -0.4 is 11.1 Å². The van der Waals surface area contributed by atoms with Gasteiger partial charge in [-0.05, 0) is 29.8 Å². The molecule has 0 spiro atoms. The molecule has 2 heterocycles. The van der Waals surface area contributed by atoms with Gasteiger partial charge in [-0.3, -0.25) is 4.90 Å². The van der Waals surface area contributed by atoms with Crippen LogP contribution in [0.1, 0.15) is 17.5 Å². The summed E-state index contributed by atoms with van der Waals surface area (Å²) in [6, 6.07) is 16.1. The molecule has 1 atom stereocenters. The van der Waals surface area contributed by atoms with Crippen molar-refractivity contribution in [3.63, 3.8) is 0 Å². The van der Waals surface area contributed by atoms with Gasteiger partial charge < -0.3 is 15.8 Å². The molecule has 0 radical (unpaired) electrons. The molecule has 1 saturated heterocycles. The van der Waals surface area contributed by atoms with Crippen molar-refractivity contribution in [2.75, 3.05) is 30.7 Å². The van der Waals surface area contributed by atoms with Crippen LogP contribution in [-0.2, 0) is 11.3 Å². The van der Waals surface area contributed by atoms with Gasteiger partial charge >= 0.3 is 0 Å². The van der Waals surface area contributed by atoms with Gasteiger partial charge in [-0.25, -0.2) is 4.39 Å². The van der Waals surface area contributed by atoms with E-state index >= 15 is 0 Å². The Kier molecular flexibility index (Phi) is 5.41. The first-order valence-electron chi connectivity index (χ1n) is 9.07. The molecule has 3 N–H and O–H groups in total. The lowest BCUT2D eigenvalue weighted by Gasteiger charge is -2.32. The third-order valence-corrected chi connectivity index (χ3v) is 4.49. The average molecular weight is 380 g/mol.